The molecule has 0 fully saturated rings. The van der Waals surface area contributed by atoms with Crippen LogP contribution in [0, 0.1) is 13.8 Å². The molecule has 5 heteroatoms. The summed E-state index contributed by atoms with van der Waals surface area (Å²) >= 11 is 0. The van der Waals surface area contributed by atoms with Gasteiger partial charge in [0, 0.05) is 11.3 Å². The van der Waals surface area contributed by atoms with Crippen LogP contribution >= 0.6 is 0 Å². The summed E-state index contributed by atoms with van der Waals surface area (Å²) in [6, 6.07) is 5.63. The van der Waals surface area contributed by atoms with Crippen molar-refractivity contribution < 1.29 is 19.1 Å². The van der Waals surface area contributed by atoms with Gasteiger partial charge >= 0.3 is 5.97 Å². The van der Waals surface area contributed by atoms with Gasteiger partial charge in [-0.25, -0.2) is 4.79 Å². The zero-order valence-corrected chi connectivity index (χ0v) is 16.3. The number of hydrogen-bond donors (Lipinski definition) is 1. The van der Waals surface area contributed by atoms with Crippen LogP contribution in [0.1, 0.15) is 80.3 Å². The molecular formula is C22H25NO4. The third kappa shape index (κ3) is 3.72. The monoisotopic (exact) mass is 367 g/mol. The van der Waals surface area contributed by atoms with E-state index in [1.165, 1.54) is 24.5 Å². The number of esters is 1. The van der Waals surface area contributed by atoms with Crippen LogP contribution in [0.25, 0.3) is 0 Å². The van der Waals surface area contributed by atoms with Gasteiger partial charge in [0.25, 0.3) is 0 Å². The highest BCUT2D eigenvalue weighted by atomic mass is 16.5. The summed E-state index contributed by atoms with van der Waals surface area (Å²) in [5.41, 5.74) is 5.04. The van der Waals surface area contributed by atoms with Gasteiger partial charge in [-0.05, 0) is 82.2 Å². The molecule has 0 amide bonds. The first-order valence-electron chi connectivity index (χ1n) is 9.36. The van der Waals surface area contributed by atoms with Crippen molar-refractivity contribution in [1.29, 1.82) is 0 Å². The van der Waals surface area contributed by atoms with Crippen molar-refractivity contribution in [1.82, 2.24) is 4.98 Å². The molecule has 1 aliphatic rings. The fraction of sp³-hybridized carbons (Fsp3) is 0.409. The average Bonchev–Trinajstić information content (AvgIpc) is 2.94. The highest BCUT2D eigenvalue weighted by Crippen LogP contribution is 2.24. The number of aromatic amines is 1. The van der Waals surface area contributed by atoms with E-state index >= 15 is 0 Å². The van der Waals surface area contributed by atoms with Gasteiger partial charge in [0.05, 0.1) is 11.3 Å². The van der Waals surface area contributed by atoms with Crippen molar-refractivity contribution in [3.05, 3.63) is 57.4 Å². The van der Waals surface area contributed by atoms with Crippen LogP contribution in [0.4, 0.5) is 0 Å². The van der Waals surface area contributed by atoms with Crippen LogP contribution < -0.4 is 0 Å². The van der Waals surface area contributed by atoms with E-state index in [0.29, 0.717) is 28.1 Å². The normalized spacial score (nSPS) is 14.4. The molecule has 2 aromatic rings. The number of carbonyl (C=O) groups is 3. The molecule has 27 heavy (non-hydrogen) atoms. The van der Waals surface area contributed by atoms with Crippen LogP contribution in [0.5, 0.6) is 0 Å². The number of carbonyl (C=O) groups excluding carboxylic acids is 3. The van der Waals surface area contributed by atoms with Crippen molar-refractivity contribution in [3.8, 4) is 0 Å². The Morgan fingerprint density at radius 3 is 2.37 bits per heavy atom. The molecule has 142 valence electrons. The lowest BCUT2D eigenvalue weighted by Gasteiger charge is -2.17. The molecule has 0 saturated heterocycles. The maximum absolute atomic E-state index is 12.7. The maximum Gasteiger partial charge on any atom is 0.338 e. The maximum atomic E-state index is 12.7. The zero-order valence-electron chi connectivity index (χ0n) is 16.3. The Morgan fingerprint density at radius 2 is 1.74 bits per heavy atom. The molecule has 1 aromatic heterocycles. The van der Waals surface area contributed by atoms with Crippen LogP contribution in [0.15, 0.2) is 18.2 Å². The fourth-order valence-electron chi connectivity index (χ4n) is 3.87. The predicted octanol–water partition coefficient (Wildman–Crippen LogP) is 4.14. The summed E-state index contributed by atoms with van der Waals surface area (Å²) < 4.78 is 5.41. The second-order valence-corrected chi connectivity index (χ2v) is 7.28. The van der Waals surface area contributed by atoms with Gasteiger partial charge in [-0.1, -0.05) is 6.07 Å². The first-order chi connectivity index (χ1) is 12.8. The summed E-state index contributed by atoms with van der Waals surface area (Å²) in [7, 11) is 0. The van der Waals surface area contributed by atoms with Crippen LogP contribution in [0.2, 0.25) is 0 Å². The van der Waals surface area contributed by atoms with Gasteiger partial charge in [-0.2, -0.15) is 0 Å². The number of H-pyrrole nitrogens is 1. The Bertz CT molecular complexity index is 923. The largest absolute Gasteiger partial charge is 0.451 e. The van der Waals surface area contributed by atoms with Crippen molar-refractivity contribution in [2.24, 2.45) is 0 Å². The number of aromatic nitrogens is 1. The number of aryl methyl sites for hydroxylation is 3. The first-order valence-corrected chi connectivity index (χ1v) is 9.36. The van der Waals surface area contributed by atoms with E-state index in [1.807, 2.05) is 12.1 Å². The van der Waals surface area contributed by atoms with E-state index in [1.54, 1.807) is 26.8 Å². The first kappa shape index (κ1) is 19.1. The summed E-state index contributed by atoms with van der Waals surface area (Å²) in [5.74, 6) is -0.939. The second-order valence-electron chi connectivity index (χ2n) is 7.28. The van der Waals surface area contributed by atoms with E-state index in [0.717, 1.165) is 19.3 Å². The van der Waals surface area contributed by atoms with Crippen LogP contribution in [-0.2, 0) is 17.6 Å². The third-order valence-electron chi connectivity index (χ3n) is 5.27. The summed E-state index contributed by atoms with van der Waals surface area (Å²) in [5, 5.41) is 0. The minimum atomic E-state index is -0.940. The number of ether oxygens (including phenoxy) is 1. The van der Waals surface area contributed by atoms with Gasteiger partial charge in [0.1, 0.15) is 0 Å². The molecule has 0 radical (unpaired) electrons. The molecule has 3 rings (SSSR count). The molecule has 0 saturated carbocycles. The quantitative estimate of drug-likeness (QED) is 0.636. The predicted molar refractivity (Wildman–Crippen MR) is 103 cm³/mol. The van der Waals surface area contributed by atoms with Crippen molar-refractivity contribution in [3.63, 3.8) is 0 Å². The Labute approximate surface area is 159 Å². The summed E-state index contributed by atoms with van der Waals surface area (Å²) in [4.78, 5) is 40.0. The van der Waals surface area contributed by atoms with E-state index in [4.69, 9.17) is 4.74 Å². The molecule has 1 N–H and O–H groups in total. The van der Waals surface area contributed by atoms with Gasteiger partial charge in [-0.15, -0.1) is 0 Å². The molecule has 0 spiro atoms. The van der Waals surface area contributed by atoms with Gasteiger partial charge < -0.3 is 9.72 Å². The summed E-state index contributed by atoms with van der Waals surface area (Å²) in [6.45, 7) is 6.51. The Morgan fingerprint density at radius 1 is 1.07 bits per heavy atom. The standard InChI is InChI=1S/C22H25NO4/c1-12-19(14(3)24)13(2)23-20(12)21(25)15(4)27-22(26)18-10-9-16-7-5-6-8-17(16)11-18/h9-11,15,23H,5-8H2,1-4H3/t15-/m1/s1. The van der Waals surface area contributed by atoms with Gasteiger partial charge in [0.15, 0.2) is 11.9 Å². The van der Waals surface area contributed by atoms with Crippen molar-refractivity contribution in [2.45, 2.75) is 59.5 Å². The molecule has 5 nitrogen and oxygen atoms in total. The zero-order chi connectivity index (χ0) is 19.7. The minimum absolute atomic E-state index is 0.0981. The lowest BCUT2D eigenvalue weighted by atomic mass is 9.90. The molecular weight excluding hydrogens is 342 g/mol. The molecule has 1 aliphatic carbocycles. The molecule has 1 atom stereocenters. The topological polar surface area (TPSA) is 76.2 Å². The molecule has 0 aliphatic heterocycles. The number of Topliss-reactive ketones (excluding diaryl/α,β-unsaturated/α-hetero) is 2. The highest BCUT2D eigenvalue weighted by molar-refractivity contribution is 6.05. The third-order valence-corrected chi connectivity index (χ3v) is 5.27. The molecule has 0 bridgehead atoms. The Kier molecular flexibility index (Phi) is 5.31. The number of benzene rings is 1. The Hall–Kier alpha value is -2.69. The van der Waals surface area contributed by atoms with Crippen LogP contribution in [-0.4, -0.2) is 28.6 Å². The smallest absolute Gasteiger partial charge is 0.338 e. The second kappa shape index (κ2) is 7.51. The number of hydrogen-bond acceptors (Lipinski definition) is 4. The fourth-order valence-corrected chi connectivity index (χ4v) is 3.87. The number of rotatable bonds is 5. The number of fused-ring (bicyclic) bond motifs is 1. The number of ketones is 2. The SMILES string of the molecule is CC(=O)c1c(C)[nH]c(C(=O)[C@@H](C)OC(=O)c2ccc3c(c2)CCCC3)c1C. The van der Waals surface area contributed by atoms with E-state index < -0.39 is 12.1 Å². The molecule has 0 unspecified atom stereocenters. The van der Waals surface area contributed by atoms with E-state index in [-0.39, 0.29) is 11.6 Å². The van der Waals surface area contributed by atoms with E-state index in [9.17, 15) is 14.4 Å². The average molecular weight is 367 g/mol. The molecule has 1 aromatic carbocycles. The van der Waals surface area contributed by atoms with Gasteiger partial charge in [0.2, 0.25) is 5.78 Å². The Balaban J connectivity index is 1.76. The lowest BCUT2D eigenvalue weighted by molar-refractivity contribution is 0.0316. The molecule has 1 heterocycles. The van der Waals surface area contributed by atoms with Crippen molar-refractivity contribution >= 4 is 17.5 Å². The lowest BCUT2D eigenvalue weighted by Crippen LogP contribution is -2.25. The van der Waals surface area contributed by atoms with Crippen LogP contribution in [0.3, 0.4) is 0 Å². The van der Waals surface area contributed by atoms with Gasteiger partial charge in [-0.3, -0.25) is 9.59 Å². The van der Waals surface area contributed by atoms with E-state index in [2.05, 4.69) is 4.98 Å². The summed E-state index contributed by atoms with van der Waals surface area (Å²) in [6.07, 6.45) is 3.39. The highest BCUT2D eigenvalue weighted by Gasteiger charge is 2.26. The van der Waals surface area contributed by atoms with Crippen molar-refractivity contribution in [2.75, 3.05) is 0 Å². The minimum Gasteiger partial charge on any atom is -0.451 e. The number of nitrogens with one attached hydrogen (secondary N) is 1.